The zero-order chi connectivity index (χ0) is 18.6. The van der Waals surface area contributed by atoms with Gasteiger partial charge in [0.05, 0.1) is 19.8 Å². The molecule has 1 aromatic rings. The van der Waals surface area contributed by atoms with Crippen molar-refractivity contribution in [3.8, 4) is 0 Å². The maximum absolute atomic E-state index is 11.7. The minimum absolute atomic E-state index is 0.0621. The van der Waals surface area contributed by atoms with E-state index in [1.165, 1.54) is 0 Å². The number of hydrogen-bond acceptors (Lipinski definition) is 4. The number of hydrogen-bond donors (Lipinski definition) is 1. The van der Waals surface area contributed by atoms with Crippen LogP contribution < -0.4 is 10.9 Å². The monoisotopic (exact) mass is 364 g/mol. The summed E-state index contributed by atoms with van der Waals surface area (Å²) in [4.78, 5) is 18.4. The fourth-order valence-electron chi connectivity index (χ4n) is 3.14. The highest BCUT2D eigenvalue weighted by molar-refractivity contribution is 5.80. The lowest BCUT2D eigenvalue weighted by Crippen LogP contribution is -2.40. The Hall–Kier alpha value is -1.86. The van der Waals surface area contributed by atoms with Gasteiger partial charge in [-0.05, 0) is 25.3 Å². The molecule has 1 saturated heterocycles. The van der Waals surface area contributed by atoms with Crippen molar-refractivity contribution in [1.82, 2.24) is 14.8 Å². The molecule has 1 aromatic heterocycles. The van der Waals surface area contributed by atoms with Crippen LogP contribution in [0.5, 0.6) is 0 Å². The van der Waals surface area contributed by atoms with Crippen molar-refractivity contribution in [2.75, 3.05) is 53.6 Å². The van der Waals surface area contributed by atoms with Crippen molar-refractivity contribution in [2.24, 2.45) is 10.9 Å². The van der Waals surface area contributed by atoms with E-state index in [-0.39, 0.29) is 5.56 Å². The van der Waals surface area contributed by atoms with Crippen LogP contribution in [0, 0.1) is 5.92 Å². The van der Waals surface area contributed by atoms with Gasteiger partial charge in [0.25, 0.3) is 0 Å². The molecule has 1 N–H and O–H groups in total. The zero-order valence-corrected chi connectivity index (χ0v) is 16.0. The highest BCUT2D eigenvalue weighted by Crippen LogP contribution is 2.16. The number of aliphatic imine (C=N–C) groups is 1. The molecule has 0 radical (unpaired) electrons. The molecule has 7 nitrogen and oxygen atoms in total. The van der Waals surface area contributed by atoms with Crippen LogP contribution in [-0.2, 0) is 16.0 Å². The Kier molecular flexibility index (Phi) is 9.20. The van der Waals surface area contributed by atoms with E-state index in [9.17, 15) is 4.79 Å². The van der Waals surface area contributed by atoms with Crippen LogP contribution in [0.3, 0.4) is 0 Å². The SMILES string of the molecule is CN=C(NCCCCn1ccccc1=O)N1CCC(COCCOC)C1. The number of aryl methyl sites for hydroxylation is 1. The van der Waals surface area contributed by atoms with Gasteiger partial charge < -0.3 is 24.3 Å². The van der Waals surface area contributed by atoms with E-state index in [0.29, 0.717) is 19.1 Å². The lowest BCUT2D eigenvalue weighted by Gasteiger charge is -2.21. The second kappa shape index (κ2) is 11.7. The third-order valence-corrected chi connectivity index (χ3v) is 4.59. The summed E-state index contributed by atoms with van der Waals surface area (Å²) in [5.41, 5.74) is 0.0621. The van der Waals surface area contributed by atoms with Gasteiger partial charge in [-0.25, -0.2) is 0 Å². The van der Waals surface area contributed by atoms with Crippen molar-refractivity contribution in [2.45, 2.75) is 25.8 Å². The van der Waals surface area contributed by atoms with E-state index < -0.39 is 0 Å². The molecule has 1 aliphatic heterocycles. The maximum Gasteiger partial charge on any atom is 0.250 e. The van der Waals surface area contributed by atoms with Gasteiger partial charge in [0.15, 0.2) is 5.96 Å². The highest BCUT2D eigenvalue weighted by atomic mass is 16.5. The van der Waals surface area contributed by atoms with Crippen LogP contribution in [0.25, 0.3) is 0 Å². The van der Waals surface area contributed by atoms with Crippen molar-refractivity contribution in [1.29, 1.82) is 0 Å². The summed E-state index contributed by atoms with van der Waals surface area (Å²) >= 11 is 0. The molecule has 2 heterocycles. The largest absolute Gasteiger partial charge is 0.382 e. The zero-order valence-electron chi connectivity index (χ0n) is 16.0. The Bertz CT molecular complexity index is 602. The molecule has 26 heavy (non-hydrogen) atoms. The first-order valence-corrected chi connectivity index (χ1v) is 9.42. The number of nitrogens with one attached hydrogen (secondary N) is 1. The Balaban J connectivity index is 1.62. The highest BCUT2D eigenvalue weighted by Gasteiger charge is 2.24. The number of ether oxygens (including phenoxy) is 2. The minimum Gasteiger partial charge on any atom is -0.382 e. The van der Waals surface area contributed by atoms with Gasteiger partial charge >= 0.3 is 0 Å². The molecule has 2 rings (SSSR count). The molecular formula is C19H32N4O3. The van der Waals surface area contributed by atoms with Crippen molar-refractivity contribution in [3.63, 3.8) is 0 Å². The van der Waals surface area contributed by atoms with Gasteiger partial charge in [0, 0.05) is 58.5 Å². The number of pyridine rings is 1. The van der Waals surface area contributed by atoms with Crippen LogP contribution in [-0.4, -0.2) is 69.0 Å². The first-order chi connectivity index (χ1) is 12.7. The molecule has 0 bridgehead atoms. The molecule has 0 amide bonds. The van der Waals surface area contributed by atoms with Crippen LogP contribution in [0.2, 0.25) is 0 Å². The van der Waals surface area contributed by atoms with Crippen molar-refractivity contribution < 1.29 is 9.47 Å². The van der Waals surface area contributed by atoms with Crippen molar-refractivity contribution in [3.05, 3.63) is 34.7 Å². The number of aromatic nitrogens is 1. The third-order valence-electron chi connectivity index (χ3n) is 4.59. The molecule has 7 heteroatoms. The minimum atomic E-state index is 0.0621. The number of guanidine groups is 1. The Morgan fingerprint density at radius 3 is 3.00 bits per heavy atom. The van der Waals surface area contributed by atoms with Crippen LogP contribution in [0.15, 0.2) is 34.2 Å². The van der Waals surface area contributed by atoms with E-state index in [1.54, 1.807) is 23.8 Å². The number of likely N-dealkylation sites (tertiary alicyclic amines) is 1. The fourth-order valence-corrected chi connectivity index (χ4v) is 3.14. The predicted molar refractivity (Wildman–Crippen MR) is 104 cm³/mol. The lowest BCUT2D eigenvalue weighted by atomic mass is 10.1. The second-order valence-electron chi connectivity index (χ2n) is 6.58. The number of rotatable bonds is 10. The van der Waals surface area contributed by atoms with Gasteiger partial charge in [0.2, 0.25) is 5.56 Å². The average Bonchev–Trinajstić information content (AvgIpc) is 3.12. The summed E-state index contributed by atoms with van der Waals surface area (Å²) in [7, 11) is 3.52. The molecule has 1 aliphatic rings. The van der Waals surface area contributed by atoms with Gasteiger partial charge in [-0.3, -0.25) is 9.79 Å². The standard InChI is InChI=1S/C19H32N4O3/c1-20-19(23-12-8-17(15-23)16-26-14-13-25-2)21-9-4-6-11-22-10-5-3-7-18(22)24/h3,5,7,10,17H,4,6,8-9,11-16H2,1-2H3,(H,20,21). The Morgan fingerprint density at radius 2 is 2.23 bits per heavy atom. The maximum atomic E-state index is 11.7. The fraction of sp³-hybridized carbons (Fsp3) is 0.684. The van der Waals surface area contributed by atoms with E-state index in [0.717, 1.165) is 58.0 Å². The molecule has 0 saturated carbocycles. The van der Waals surface area contributed by atoms with Gasteiger partial charge in [-0.15, -0.1) is 0 Å². The number of unbranched alkanes of at least 4 members (excludes halogenated alkanes) is 1. The smallest absolute Gasteiger partial charge is 0.250 e. The second-order valence-corrected chi connectivity index (χ2v) is 6.58. The normalized spacial score (nSPS) is 17.7. The molecular weight excluding hydrogens is 332 g/mol. The number of methoxy groups -OCH3 is 1. The Morgan fingerprint density at radius 1 is 1.35 bits per heavy atom. The van der Waals surface area contributed by atoms with Crippen LogP contribution >= 0.6 is 0 Å². The van der Waals surface area contributed by atoms with Crippen LogP contribution in [0.1, 0.15) is 19.3 Å². The molecule has 1 unspecified atom stereocenters. The molecule has 0 aliphatic carbocycles. The summed E-state index contributed by atoms with van der Waals surface area (Å²) in [6.45, 7) is 5.69. The quantitative estimate of drug-likeness (QED) is 0.384. The number of nitrogens with zero attached hydrogens (tertiary/aromatic N) is 3. The molecule has 146 valence electrons. The van der Waals surface area contributed by atoms with Gasteiger partial charge in [-0.1, -0.05) is 6.07 Å². The lowest BCUT2D eigenvalue weighted by molar-refractivity contribution is 0.0536. The summed E-state index contributed by atoms with van der Waals surface area (Å²) in [5, 5.41) is 3.44. The van der Waals surface area contributed by atoms with E-state index in [1.807, 2.05) is 19.3 Å². The third kappa shape index (κ3) is 6.80. The molecule has 1 fully saturated rings. The molecule has 1 atom stereocenters. The Labute approximate surface area is 156 Å². The van der Waals surface area contributed by atoms with Crippen molar-refractivity contribution >= 4 is 5.96 Å². The first kappa shape index (κ1) is 20.5. The molecule has 0 aromatic carbocycles. The first-order valence-electron chi connectivity index (χ1n) is 9.42. The predicted octanol–water partition coefficient (Wildman–Crippen LogP) is 1.19. The topological polar surface area (TPSA) is 68.1 Å². The summed E-state index contributed by atoms with van der Waals surface area (Å²) in [6, 6.07) is 5.27. The van der Waals surface area contributed by atoms with E-state index in [4.69, 9.17) is 9.47 Å². The van der Waals surface area contributed by atoms with E-state index in [2.05, 4.69) is 15.2 Å². The van der Waals surface area contributed by atoms with Gasteiger partial charge in [-0.2, -0.15) is 0 Å². The van der Waals surface area contributed by atoms with Crippen LogP contribution in [0.4, 0.5) is 0 Å². The molecule has 0 spiro atoms. The summed E-state index contributed by atoms with van der Waals surface area (Å²) < 4.78 is 12.4. The summed E-state index contributed by atoms with van der Waals surface area (Å²) in [5.74, 6) is 1.51. The average molecular weight is 364 g/mol. The van der Waals surface area contributed by atoms with Gasteiger partial charge in [0.1, 0.15) is 0 Å². The summed E-state index contributed by atoms with van der Waals surface area (Å²) in [6.07, 6.45) is 4.93. The van der Waals surface area contributed by atoms with E-state index >= 15 is 0 Å².